The predicted molar refractivity (Wildman–Crippen MR) is 74.7 cm³/mol. The molecule has 0 spiro atoms. The zero-order valence-electron chi connectivity index (χ0n) is 10.6. The van der Waals surface area contributed by atoms with Crippen molar-refractivity contribution in [3.63, 3.8) is 0 Å². The lowest BCUT2D eigenvalue weighted by Crippen LogP contribution is -2.24. The number of hydrogen-bond acceptors (Lipinski definition) is 3. The summed E-state index contributed by atoms with van der Waals surface area (Å²) in [4.78, 5) is 25.8. The van der Waals surface area contributed by atoms with Crippen molar-refractivity contribution in [3.8, 4) is 0 Å². The first-order valence-electron chi connectivity index (χ1n) is 6.28. The van der Waals surface area contributed by atoms with E-state index >= 15 is 0 Å². The van der Waals surface area contributed by atoms with Crippen molar-refractivity contribution in [1.29, 1.82) is 0 Å². The fraction of sp³-hybridized carbons (Fsp3) is 0.286. The third kappa shape index (κ3) is 3.42. The van der Waals surface area contributed by atoms with Crippen LogP contribution in [0.1, 0.15) is 18.4 Å². The quantitative estimate of drug-likeness (QED) is 0.745. The van der Waals surface area contributed by atoms with E-state index in [4.69, 9.17) is 5.73 Å². The fourth-order valence-corrected chi connectivity index (χ4v) is 1.97. The van der Waals surface area contributed by atoms with Crippen molar-refractivity contribution >= 4 is 16.8 Å². The van der Waals surface area contributed by atoms with E-state index in [1.54, 1.807) is 0 Å². The molecular weight excluding hydrogens is 242 g/mol. The number of benzene rings is 1. The Hall–Kier alpha value is -2.14. The molecule has 0 bridgehead atoms. The third-order valence-corrected chi connectivity index (χ3v) is 2.92. The minimum absolute atomic E-state index is 0.0465. The lowest BCUT2D eigenvalue weighted by atomic mass is 10.1. The van der Waals surface area contributed by atoms with Crippen molar-refractivity contribution in [1.82, 2.24) is 10.3 Å². The minimum atomic E-state index is -0.162. The van der Waals surface area contributed by atoms with Crippen LogP contribution in [0.2, 0.25) is 0 Å². The van der Waals surface area contributed by atoms with Crippen LogP contribution in [0.5, 0.6) is 0 Å². The molecule has 5 nitrogen and oxygen atoms in total. The van der Waals surface area contributed by atoms with Crippen LogP contribution in [-0.4, -0.2) is 17.4 Å². The van der Waals surface area contributed by atoms with Gasteiger partial charge in [0.15, 0.2) is 0 Å². The van der Waals surface area contributed by atoms with Crippen LogP contribution in [0.4, 0.5) is 0 Å². The summed E-state index contributed by atoms with van der Waals surface area (Å²) in [5.74, 6) is -0.0465. The molecule has 19 heavy (non-hydrogen) atoms. The Kier molecular flexibility index (Phi) is 4.30. The van der Waals surface area contributed by atoms with Crippen molar-refractivity contribution in [2.45, 2.75) is 19.4 Å². The summed E-state index contributed by atoms with van der Waals surface area (Å²) in [6, 6.07) is 9.05. The van der Waals surface area contributed by atoms with Crippen LogP contribution in [0.25, 0.3) is 10.9 Å². The molecule has 0 aliphatic carbocycles. The molecular formula is C14H17N3O2. The molecule has 0 aliphatic rings. The monoisotopic (exact) mass is 259 g/mol. The van der Waals surface area contributed by atoms with Crippen molar-refractivity contribution < 1.29 is 4.79 Å². The van der Waals surface area contributed by atoms with E-state index in [9.17, 15) is 9.59 Å². The van der Waals surface area contributed by atoms with Gasteiger partial charge in [-0.15, -0.1) is 0 Å². The van der Waals surface area contributed by atoms with Gasteiger partial charge in [-0.05, 0) is 24.6 Å². The average Bonchev–Trinajstić information content (AvgIpc) is 2.42. The number of fused-ring (bicyclic) bond motifs is 1. The van der Waals surface area contributed by atoms with Crippen molar-refractivity contribution in [2.24, 2.45) is 5.73 Å². The highest BCUT2D eigenvalue weighted by molar-refractivity contribution is 5.82. The molecule has 1 aromatic carbocycles. The van der Waals surface area contributed by atoms with E-state index in [1.807, 2.05) is 24.3 Å². The van der Waals surface area contributed by atoms with Gasteiger partial charge in [0, 0.05) is 29.9 Å². The fourth-order valence-electron chi connectivity index (χ4n) is 1.97. The van der Waals surface area contributed by atoms with Crippen LogP contribution >= 0.6 is 0 Å². The second kappa shape index (κ2) is 6.15. The van der Waals surface area contributed by atoms with E-state index in [1.165, 1.54) is 6.07 Å². The molecule has 2 rings (SSSR count). The smallest absolute Gasteiger partial charge is 0.248 e. The van der Waals surface area contributed by atoms with Crippen LogP contribution in [0.3, 0.4) is 0 Å². The zero-order valence-corrected chi connectivity index (χ0v) is 10.6. The van der Waals surface area contributed by atoms with Crippen LogP contribution < -0.4 is 16.6 Å². The minimum Gasteiger partial charge on any atom is -0.352 e. The molecule has 0 aliphatic heterocycles. The normalized spacial score (nSPS) is 10.6. The maximum atomic E-state index is 11.5. The summed E-state index contributed by atoms with van der Waals surface area (Å²) in [7, 11) is 0. The SMILES string of the molecule is NCCCC(=O)NCc1cc(=O)[nH]c2ccccc12. The largest absolute Gasteiger partial charge is 0.352 e. The molecule has 0 fully saturated rings. The van der Waals surface area contributed by atoms with Gasteiger partial charge in [-0.25, -0.2) is 0 Å². The molecule has 0 unspecified atom stereocenters. The van der Waals surface area contributed by atoms with Gasteiger partial charge in [0.05, 0.1) is 0 Å². The number of pyridine rings is 1. The molecule has 0 radical (unpaired) electrons. The maximum absolute atomic E-state index is 11.5. The predicted octanol–water partition coefficient (Wildman–Crippen LogP) is 0.883. The molecule has 2 aromatic rings. The van der Waals surface area contributed by atoms with Crippen LogP contribution in [-0.2, 0) is 11.3 Å². The highest BCUT2D eigenvalue weighted by Gasteiger charge is 2.05. The first-order valence-corrected chi connectivity index (χ1v) is 6.28. The van der Waals surface area contributed by atoms with Gasteiger partial charge in [0.2, 0.25) is 11.5 Å². The number of para-hydroxylation sites is 1. The van der Waals surface area contributed by atoms with Crippen molar-refractivity contribution in [2.75, 3.05) is 6.54 Å². The van der Waals surface area contributed by atoms with E-state index in [-0.39, 0.29) is 11.5 Å². The van der Waals surface area contributed by atoms with Gasteiger partial charge in [-0.3, -0.25) is 9.59 Å². The van der Waals surface area contributed by atoms with Gasteiger partial charge in [0.25, 0.3) is 0 Å². The topological polar surface area (TPSA) is 88.0 Å². The summed E-state index contributed by atoms with van der Waals surface area (Å²) in [6.45, 7) is 0.856. The van der Waals surface area contributed by atoms with Gasteiger partial charge in [0.1, 0.15) is 0 Å². The lowest BCUT2D eigenvalue weighted by molar-refractivity contribution is -0.121. The molecule has 100 valence electrons. The number of aromatic nitrogens is 1. The number of hydrogen-bond donors (Lipinski definition) is 3. The first-order chi connectivity index (χ1) is 9.20. The van der Waals surface area contributed by atoms with Crippen LogP contribution in [0.15, 0.2) is 35.1 Å². The number of nitrogens with two attached hydrogens (primary N) is 1. The second-order valence-electron chi connectivity index (χ2n) is 4.37. The first kappa shape index (κ1) is 13.3. The van der Waals surface area contributed by atoms with E-state index < -0.39 is 0 Å². The average molecular weight is 259 g/mol. The Bertz CT molecular complexity index is 634. The van der Waals surface area contributed by atoms with Crippen molar-refractivity contribution in [3.05, 3.63) is 46.2 Å². The summed E-state index contributed by atoms with van der Waals surface area (Å²) in [5, 5.41) is 3.75. The standard InChI is InChI=1S/C14H17N3O2/c15-7-3-6-13(18)16-9-10-8-14(19)17-12-5-2-1-4-11(10)12/h1-2,4-5,8H,3,6-7,9,15H2,(H,16,18)(H,17,19). The molecule has 4 N–H and O–H groups in total. The second-order valence-corrected chi connectivity index (χ2v) is 4.37. The summed E-state index contributed by atoms with van der Waals surface area (Å²) in [5.41, 5.74) is 6.79. The van der Waals surface area contributed by atoms with Gasteiger partial charge in [-0.2, -0.15) is 0 Å². The Labute approximate surface area is 110 Å². The Morgan fingerprint density at radius 2 is 2.11 bits per heavy atom. The maximum Gasteiger partial charge on any atom is 0.248 e. The molecule has 0 saturated carbocycles. The number of H-pyrrole nitrogens is 1. The number of rotatable bonds is 5. The van der Waals surface area contributed by atoms with E-state index in [0.717, 1.165) is 16.5 Å². The van der Waals surface area contributed by atoms with Crippen LogP contribution in [0, 0.1) is 0 Å². The summed E-state index contributed by atoms with van der Waals surface area (Å²) in [6.07, 6.45) is 1.08. The molecule has 0 atom stereocenters. The number of amides is 1. The number of nitrogens with one attached hydrogen (secondary N) is 2. The Morgan fingerprint density at radius 1 is 1.32 bits per heavy atom. The Balaban J connectivity index is 2.16. The molecule has 0 saturated heterocycles. The third-order valence-electron chi connectivity index (χ3n) is 2.92. The lowest BCUT2D eigenvalue weighted by Gasteiger charge is -2.08. The van der Waals surface area contributed by atoms with E-state index in [2.05, 4.69) is 10.3 Å². The number of aromatic amines is 1. The highest BCUT2D eigenvalue weighted by atomic mass is 16.1. The number of carbonyl (C=O) groups excluding carboxylic acids is 1. The van der Waals surface area contributed by atoms with Gasteiger partial charge in [-0.1, -0.05) is 18.2 Å². The van der Waals surface area contributed by atoms with Gasteiger partial charge < -0.3 is 16.0 Å². The number of carbonyl (C=O) groups is 1. The molecule has 1 heterocycles. The highest BCUT2D eigenvalue weighted by Crippen LogP contribution is 2.14. The molecule has 1 amide bonds. The Morgan fingerprint density at radius 3 is 2.89 bits per heavy atom. The molecule has 5 heteroatoms. The zero-order chi connectivity index (χ0) is 13.7. The molecule has 1 aromatic heterocycles. The van der Waals surface area contributed by atoms with E-state index in [0.29, 0.717) is 25.9 Å². The summed E-state index contributed by atoms with van der Waals surface area (Å²) >= 11 is 0. The van der Waals surface area contributed by atoms with Gasteiger partial charge >= 0.3 is 0 Å². The summed E-state index contributed by atoms with van der Waals surface area (Å²) < 4.78 is 0.